The summed E-state index contributed by atoms with van der Waals surface area (Å²) in [4.78, 5) is 0. The second kappa shape index (κ2) is 5.89. The molecule has 0 unspecified atom stereocenters. The van der Waals surface area contributed by atoms with Crippen molar-refractivity contribution in [2.75, 3.05) is 6.61 Å². The molecule has 0 saturated heterocycles. The Hall–Kier alpha value is -0.800. The highest BCUT2D eigenvalue weighted by Gasteiger charge is 2.24. The van der Waals surface area contributed by atoms with Gasteiger partial charge in [-0.05, 0) is 43.4 Å². The molecule has 18 heavy (non-hydrogen) atoms. The zero-order chi connectivity index (χ0) is 13.1. The summed E-state index contributed by atoms with van der Waals surface area (Å²) in [5.41, 5.74) is 6.97. The summed E-state index contributed by atoms with van der Waals surface area (Å²) in [6.07, 6.45) is 4.67. The summed E-state index contributed by atoms with van der Waals surface area (Å²) in [6, 6.07) is 3.06. The van der Waals surface area contributed by atoms with Gasteiger partial charge in [0.2, 0.25) is 0 Å². The lowest BCUT2D eigenvalue weighted by Gasteiger charge is -2.20. The van der Waals surface area contributed by atoms with Crippen molar-refractivity contribution in [2.24, 2.45) is 11.7 Å². The highest BCUT2D eigenvalue weighted by Crippen LogP contribution is 2.37. The minimum Gasteiger partial charge on any atom is -0.489 e. The molecular weight excluding hydrogens is 253 g/mol. The zero-order valence-corrected chi connectivity index (χ0v) is 11.3. The maximum Gasteiger partial charge on any atom is 0.173 e. The maximum atomic E-state index is 13.9. The summed E-state index contributed by atoms with van der Waals surface area (Å²) in [7, 11) is 0. The van der Waals surface area contributed by atoms with E-state index < -0.39 is 5.82 Å². The Morgan fingerprint density at radius 3 is 2.67 bits per heavy atom. The van der Waals surface area contributed by atoms with Crippen molar-refractivity contribution in [3.8, 4) is 5.75 Å². The standard InChI is InChI=1S/C14H19ClFNO/c1-2-18-14-11(15)7-10(8-12(14)16)13(17)9-5-3-4-6-9/h7-9,13H,2-6,17H2,1H3/t13-/m0/s1. The van der Waals surface area contributed by atoms with Crippen LogP contribution in [-0.2, 0) is 0 Å². The van der Waals surface area contributed by atoms with Gasteiger partial charge in [-0.15, -0.1) is 0 Å². The third-order valence-corrected chi connectivity index (χ3v) is 3.88. The van der Waals surface area contributed by atoms with Gasteiger partial charge in [-0.3, -0.25) is 0 Å². The van der Waals surface area contributed by atoms with Gasteiger partial charge in [0.25, 0.3) is 0 Å². The van der Waals surface area contributed by atoms with Crippen molar-refractivity contribution in [3.05, 3.63) is 28.5 Å². The highest BCUT2D eigenvalue weighted by atomic mass is 35.5. The molecule has 1 aromatic carbocycles. The van der Waals surface area contributed by atoms with Crippen molar-refractivity contribution in [1.82, 2.24) is 0 Å². The first-order valence-corrected chi connectivity index (χ1v) is 6.88. The smallest absolute Gasteiger partial charge is 0.173 e. The Bertz CT molecular complexity index is 395. The van der Waals surface area contributed by atoms with Crippen LogP contribution in [0, 0.1) is 11.7 Å². The molecule has 0 heterocycles. The zero-order valence-electron chi connectivity index (χ0n) is 10.6. The predicted octanol–water partition coefficient (Wildman–Crippen LogP) is 4.07. The van der Waals surface area contributed by atoms with Gasteiger partial charge >= 0.3 is 0 Å². The van der Waals surface area contributed by atoms with Crippen LogP contribution in [0.3, 0.4) is 0 Å². The first-order valence-electron chi connectivity index (χ1n) is 6.50. The predicted molar refractivity (Wildman–Crippen MR) is 71.5 cm³/mol. The van der Waals surface area contributed by atoms with Crippen LogP contribution in [0.15, 0.2) is 12.1 Å². The molecule has 0 spiro atoms. The van der Waals surface area contributed by atoms with Gasteiger partial charge in [0.1, 0.15) is 0 Å². The molecule has 1 aromatic rings. The fourth-order valence-corrected chi connectivity index (χ4v) is 2.91. The third-order valence-electron chi connectivity index (χ3n) is 3.60. The average Bonchev–Trinajstić information content (AvgIpc) is 2.86. The molecule has 1 atom stereocenters. The van der Waals surface area contributed by atoms with Gasteiger partial charge in [-0.2, -0.15) is 0 Å². The van der Waals surface area contributed by atoms with E-state index in [4.69, 9.17) is 22.1 Å². The van der Waals surface area contributed by atoms with Crippen molar-refractivity contribution < 1.29 is 9.13 Å². The Morgan fingerprint density at radius 2 is 2.11 bits per heavy atom. The van der Waals surface area contributed by atoms with E-state index in [0.29, 0.717) is 17.5 Å². The van der Waals surface area contributed by atoms with Gasteiger partial charge in [0.05, 0.1) is 11.6 Å². The van der Waals surface area contributed by atoms with Crippen LogP contribution in [0.25, 0.3) is 0 Å². The minimum absolute atomic E-state index is 0.126. The van der Waals surface area contributed by atoms with Crippen molar-refractivity contribution in [3.63, 3.8) is 0 Å². The van der Waals surface area contributed by atoms with Crippen molar-refractivity contribution >= 4 is 11.6 Å². The molecule has 2 N–H and O–H groups in total. The number of nitrogens with two attached hydrogens (primary N) is 1. The summed E-state index contributed by atoms with van der Waals surface area (Å²) >= 11 is 6.04. The van der Waals surface area contributed by atoms with Crippen LogP contribution in [0.2, 0.25) is 5.02 Å². The van der Waals surface area contributed by atoms with Gasteiger partial charge in [-0.1, -0.05) is 24.4 Å². The number of hydrogen-bond donors (Lipinski definition) is 1. The number of halogens is 2. The molecule has 0 bridgehead atoms. The summed E-state index contributed by atoms with van der Waals surface area (Å²) in [5, 5.41) is 0.306. The Morgan fingerprint density at radius 1 is 1.44 bits per heavy atom. The maximum absolute atomic E-state index is 13.9. The SMILES string of the molecule is CCOc1c(F)cc([C@@H](N)C2CCCC2)cc1Cl. The molecule has 2 rings (SSSR count). The molecule has 0 aliphatic heterocycles. The van der Waals surface area contributed by atoms with Crippen molar-refractivity contribution in [2.45, 2.75) is 38.6 Å². The van der Waals surface area contributed by atoms with E-state index in [2.05, 4.69) is 0 Å². The first-order chi connectivity index (χ1) is 8.63. The van der Waals surface area contributed by atoms with Gasteiger partial charge in [0.15, 0.2) is 11.6 Å². The monoisotopic (exact) mass is 271 g/mol. The molecule has 0 amide bonds. The number of hydrogen-bond acceptors (Lipinski definition) is 2. The largest absolute Gasteiger partial charge is 0.489 e. The van der Waals surface area contributed by atoms with Crippen LogP contribution in [0.5, 0.6) is 5.75 Å². The van der Waals surface area contributed by atoms with Crippen LogP contribution in [0.1, 0.15) is 44.2 Å². The average molecular weight is 272 g/mol. The molecule has 100 valence electrons. The van der Waals surface area contributed by atoms with E-state index in [0.717, 1.165) is 18.4 Å². The van der Waals surface area contributed by atoms with Gasteiger partial charge in [0, 0.05) is 6.04 Å². The molecule has 0 aromatic heterocycles. The fourth-order valence-electron chi connectivity index (χ4n) is 2.64. The number of benzene rings is 1. The molecule has 0 radical (unpaired) electrons. The Kier molecular flexibility index (Phi) is 4.46. The summed E-state index contributed by atoms with van der Waals surface area (Å²) in [6.45, 7) is 2.19. The van der Waals surface area contributed by atoms with E-state index in [1.807, 2.05) is 0 Å². The quantitative estimate of drug-likeness (QED) is 0.896. The topological polar surface area (TPSA) is 35.2 Å². The minimum atomic E-state index is -0.423. The molecule has 1 aliphatic rings. The van der Waals surface area contributed by atoms with Gasteiger partial charge < -0.3 is 10.5 Å². The molecule has 1 saturated carbocycles. The molecule has 1 fully saturated rings. The van der Waals surface area contributed by atoms with Crippen LogP contribution in [0.4, 0.5) is 4.39 Å². The van der Waals surface area contributed by atoms with Gasteiger partial charge in [-0.25, -0.2) is 4.39 Å². The lowest BCUT2D eigenvalue weighted by atomic mass is 9.92. The van der Waals surface area contributed by atoms with E-state index in [9.17, 15) is 4.39 Å². The third kappa shape index (κ3) is 2.78. The summed E-state index contributed by atoms with van der Waals surface area (Å²) < 4.78 is 19.1. The fraction of sp³-hybridized carbons (Fsp3) is 0.571. The van der Waals surface area contributed by atoms with E-state index in [1.54, 1.807) is 13.0 Å². The highest BCUT2D eigenvalue weighted by molar-refractivity contribution is 6.32. The Balaban J connectivity index is 2.23. The molecular formula is C14H19ClFNO. The molecule has 4 heteroatoms. The first kappa shape index (κ1) is 13.6. The van der Waals surface area contributed by atoms with Crippen molar-refractivity contribution in [1.29, 1.82) is 0 Å². The lowest BCUT2D eigenvalue weighted by Crippen LogP contribution is -2.19. The Labute approximate surface area is 112 Å². The summed E-state index contributed by atoms with van der Waals surface area (Å²) in [5.74, 6) is 0.146. The molecule has 2 nitrogen and oxygen atoms in total. The molecule has 1 aliphatic carbocycles. The second-order valence-corrected chi connectivity index (χ2v) is 5.22. The number of rotatable bonds is 4. The van der Waals surface area contributed by atoms with E-state index in [-0.39, 0.29) is 11.8 Å². The van der Waals surface area contributed by atoms with Crippen LogP contribution < -0.4 is 10.5 Å². The van der Waals surface area contributed by atoms with E-state index in [1.165, 1.54) is 18.9 Å². The van der Waals surface area contributed by atoms with Crippen LogP contribution >= 0.6 is 11.6 Å². The normalized spacial score (nSPS) is 18.0. The second-order valence-electron chi connectivity index (χ2n) is 4.82. The van der Waals surface area contributed by atoms with Crippen LogP contribution in [-0.4, -0.2) is 6.61 Å². The number of ether oxygens (including phenoxy) is 1. The lowest BCUT2D eigenvalue weighted by molar-refractivity contribution is 0.321. The van der Waals surface area contributed by atoms with E-state index >= 15 is 0 Å².